The van der Waals surface area contributed by atoms with Crippen molar-refractivity contribution in [2.24, 2.45) is 0 Å². The maximum Gasteiger partial charge on any atom is 0.257 e. The molecule has 0 spiro atoms. The number of carbonyl (C=O) groups excluding carboxylic acids is 1. The molecule has 21 heavy (non-hydrogen) atoms. The topological polar surface area (TPSA) is 73.6 Å². The summed E-state index contributed by atoms with van der Waals surface area (Å²) in [6.07, 6.45) is 0. The fourth-order valence-corrected chi connectivity index (χ4v) is 2.21. The highest BCUT2D eigenvalue weighted by atomic mass is 79.9. The van der Waals surface area contributed by atoms with Gasteiger partial charge in [-0.15, -0.1) is 0 Å². The van der Waals surface area contributed by atoms with Crippen LogP contribution in [-0.2, 0) is 0 Å². The first-order chi connectivity index (χ1) is 10.0. The van der Waals surface area contributed by atoms with Gasteiger partial charge in [0.25, 0.3) is 5.91 Å². The first kappa shape index (κ1) is 15.2. The van der Waals surface area contributed by atoms with E-state index in [1.807, 2.05) is 0 Å². The third kappa shape index (κ3) is 3.46. The number of nitrogens with one attached hydrogen (secondary N) is 1. The molecule has 2 rings (SSSR count). The SMILES string of the molecule is COc1ccc(NC(=O)c2ccc(Br)cc2N)c(OC)c1. The molecule has 0 saturated heterocycles. The van der Waals surface area contributed by atoms with Crippen LogP contribution >= 0.6 is 15.9 Å². The molecule has 0 aromatic heterocycles. The van der Waals surface area contributed by atoms with Crippen molar-refractivity contribution >= 4 is 33.2 Å². The maximum atomic E-state index is 12.3. The molecule has 2 aromatic rings. The fourth-order valence-electron chi connectivity index (χ4n) is 1.83. The predicted molar refractivity (Wildman–Crippen MR) is 86.1 cm³/mol. The number of benzene rings is 2. The predicted octanol–water partition coefficient (Wildman–Crippen LogP) is 3.30. The van der Waals surface area contributed by atoms with Crippen molar-refractivity contribution in [1.29, 1.82) is 0 Å². The van der Waals surface area contributed by atoms with Gasteiger partial charge >= 0.3 is 0 Å². The zero-order chi connectivity index (χ0) is 15.4. The van der Waals surface area contributed by atoms with E-state index >= 15 is 0 Å². The van der Waals surface area contributed by atoms with Crippen molar-refractivity contribution in [2.75, 3.05) is 25.3 Å². The zero-order valence-corrected chi connectivity index (χ0v) is 13.2. The number of halogens is 1. The van der Waals surface area contributed by atoms with E-state index in [1.54, 1.807) is 43.5 Å². The largest absolute Gasteiger partial charge is 0.497 e. The molecule has 0 aliphatic carbocycles. The molecule has 0 aliphatic heterocycles. The smallest absolute Gasteiger partial charge is 0.257 e. The summed E-state index contributed by atoms with van der Waals surface area (Å²) in [5.41, 5.74) is 7.19. The van der Waals surface area contributed by atoms with Crippen molar-refractivity contribution < 1.29 is 14.3 Å². The van der Waals surface area contributed by atoms with E-state index in [0.717, 1.165) is 4.47 Å². The number of hydrogen-bond donors (Lipinski definition) is 2. The lowest BCUT2D eigenvalue weighted by atomic mass is 10.1. The highest BCUT2D eigenvalue weighted by molar-refractivity contribution is 9.10. The highest BCUT2D eigenvalue weighted by Gasteiger charge is 2.13. The summed E-state index contributed by atoms with van der Waals surface area (Å²) in [7, 11) is 3.09. The molecular weight excluding hydrogens is 336 g/mol. The number of amides is 1. The first-order valence-electron chi connectivity index (χ1n) is 6.13. The third-order valence-electron chi connectivity index (χ3n) is 2.92. The Hall–Kier alpha value is -2.21. The molecule has 1 amide bonds. The summed E-state index contributed by atoms with van der Waals surface area (Å²) < 4.78 is 11.2. The van der Waals surface area contributed by atoms with Gasteiger partial charge in [-0.25, -0.2) is 0 Å². The van der Waals surface area contributed by atoms with Crippen LogP contribution in [0.15, 0.2) is 40.9 Å². The van der Waals surface area contributed by atoms with Gasteiger partial charge in [0.05, 0.1) is 25.5 Å². The Morgan fingerprint density at radius 2 is 1.90 bits per heavy atom. The average Bonchev–Trinajstić information content (AvgIpc) is 2.47. The van der Waals surface area contributed by atoms with Crippen LogP contribution in [0.25, 0.3) is 0 Å². The van der Waals surface area contributed by atoms with Crippen LogP contribution < -0.4 is 20.5 Å². The van der Waals surface area contributed by atoms with Crippen LogP contribution in [0.1, 0.15) is 10.4 Å². The number of ether oxygens (including phenoxy) is 2. The van der Waals surface area contributed by atoms with Gasteiger partial charge < -0.3 is 20.5 Å². The van der Waals surface area contributed by atoms with Crippen LogP contribution in [-0.4, -0.2) is 20.1 Å². The van der Waals surface area contributed by atoms with E-state index in [-0.39, 0.29) is 5.91 Å². The van der Waals surface area contributed by atoms with Gasteiger partial charge in [0.2, 0.25) is 0 Å². The van der Waals surface area contributed by atoms with Crippen molar-refractivity contribution in [3.8, 4) is 11.5 Å². The molecule has 0 aliphatic rings. The molecule has 110 valence electrons. The zero-order valence-electron chi connectivity index (χ0n) is 11.6. The summed E-state index contributed by atoms with van der Waals surface area (Å²) in [6, 6.07) is 10.2. The van der Waals surface area contributed by atoms with Gasteiger partial charge in [-0.3, -0.25) is 4.79 Å². The molecule has 0 radical (unpaired) electrons. The van der Waals surface area contributed by atoms with Gasteiger partial charge in [0, 0.05) is 16.2 Å². The lowest BCUT2D eigenvalue weighted by Gasteiger charge is -2.12. The van der Waals surface area contributed by atoms with E-state index in [4.69, 9.17) is 15.2 Å². The Balaban J connectivity index is 2.27. The van der Waals surface area contributed by atoms with Crippen LogP contribution in [0.4, 0.5) is 11.4 Å². The van der Waals surface area contributed by atoms with Crippen molar-refractivity contribution in [3.05, 3.63) is 46.4 Å². The van der Waals surface area contributed by atoms with Gasteiger partial charge in [-0.2, -0.15) is 0 Å². The Morgan fingerprint density at radius 3 is 2.52 bits per heavy atom. The van der Waals surface area contributed by atoms with Crippen LogP contribution in [0.5, 0.6) is 11.5 Å². The number of methoxy groups -OCH3 is 2. The van der Waals surface area contributed by atoms with E-state index in [0.29, 0.717) is 28.4 Å². The van der Waals surface area contributed by atoms with E-state index in [1.165, 1.54) is 7.11 Å². The quantitative estimate of drug-likeness (QED) is 0.829. The summed E-state index contributed by atoms with van der Waals surface area (Å²) in [5, 5.41) is 2.77. The Labute approximate surface area is 131 Å². The van der Waals surface area contributed by atoms with Gasteiger partial charge in [0.15, 0.2) is 0 Å². The number of nitrogens with two attached hydrogens (primary N) is 1. The number of anilines is 2. The molecular formula is C15H15BrN2O3. The van der Waals surface area contributed by atoms with Crippen molar-refractivity contribution in [1.82, 2.24) is 0 Å². The van der Waals surface area contributed by atoms with Crippen molar-refractivity contribution in [3.63, 3.8) is 0 Å². The molecule has 2 aromatic carbocycles. The van der Waals surface area contributed by atoms with Gasteiger partial charge in [-0.05, 0) is 30.3 Å². The first-order valence-corrected chi connectivity index (χ1v) is 6.93. The molecule has 6 heteroatoms. The lowest BCUT2D eigenvalue weighted by Crippen LogP contribution is -2.14. The molecule has 0 bridgehead atoms. The molecule has 0 heterocycles. The van der Waals surface area contributed by atoms with Crippen LogP contribution in [0.3, 0.4) is 0 Å². The van der Waals surface area contributed by atoms with Crippen LogP contribution in [0, 0.1) is 0 Å². The minimum Gasteiger partial charge on any atom is -0.497 e. The number of carbonyl (C=O) groups is 1. The Bertz CT molecular complexity index is 674. The molecule has 3 N–H and O–H groups in total. The maximum absolute atomic E-state index is 12.3. The van der Waals surface area contributed by atoms with E-state index in [9.17, 15) is 4.79 Å². The van der Waals surface area contributed by atoms with E-state index < -0.39 is 0 Å². The Kier molecular flexibility index (Phi) is 4.70. The molecule has 0 saturated carbocycles. The standard InChI is InChI=1S/C15H15BrN2O3/c1-20-10-4-6-13(14(8-10)21-2)18-15(19)11-5-3-9(16)7-12(11)17/h3-8H,17H2,1-2H3,(H,18,19). The number of rotatable bonds is 4. The minimum atomic E-state index is -0.302. The van der Waals surface area contributed by atoms with E-state index in [2.05, 4.69) is 21.2 Å². The monoisotopic (exact) mass is 350 g/mol. The molecule has 0 atom stereocenters. The second-order valence-corrected chi connectivity index (χ2v) is 5.17. The average molecular weight is 351 g/mol. The minimum absolute atomic E-state index is 0.302. The number of nitrogen functional groups attached to an aromatic ring is 1. The lowest BCUT2D eigenvalue weighted by molar-refractivity contribution is 0.102. The second kappa shape index (κ2) is 6.49. The van der Waals surface area contributed by atoms with Crippen molar-refractivity contribution in [2.45, 2.75) is 0 Å². The second-order valence-electron chi connectivity index (χ2n) is 4.25. The van der Waals surface area contributed by atoms with Crippen LogP contribution in [0.2, 0.25) is 0 Å². The normalized spacial score (nSPS) is 10.0. The summed E-state index contributed by atoms with van der Waals surface area (Å²) in [5.74, 6) is 0.856. The summed E-state index contributed by atoms with van der Waals surface area (Å²) in [4.78, 5) is 12.3. The highest BCUT2D eigenvalue weighted by Crippen LogP contribution is 2.30. The molecule has 0 fully saturated rings. The fraction of sp³-hybridized carbons (Fsp3) is 0.133. The van der Waals surface area contributed by atoms with Gasteiger partial charge in [-0.1, -0.05) is 15.9 Å². The summed E-state index contributed by atoms with van der Waals surface area (Å²) in [6.45, 7) is 0. The Morgan fingerprint density at radius 1 is 1.14 bits per heavy atom. The summed E-state index contributed by atoms with van der Waals surface area (Å²) >= 11 is 3.31. The van der Waals surface area contributed by atoms with Gasteiger partial charge in [0.1, 0.15) is 11.5 Å². The number of hydrogen-bond acceptors (Lipinski definition) is 4. The molecule has 5 nitrogen and oxygen atoms in total. The third-order valence-corrected chi connectivity index (χ3v) is 3.41. The molecule has 0 unspecified atom stereocenters.